The Hall–Kier alpha value is -2.38. The number of hydrogen-bond acceptors (Lipinski definition) is 4. The summed E-state index contributed by atoms with van der Waals surface area (Å²) in [7, 11) is 0. The largest absolute Gasteiger partial charge is 0.317 e. The van der Waals surface area contributed by atoms with E-state index in [1.165, 1.54) is 34.8 Å². The summed E-state index contributed by atoms with van der Waals surface area (Å²) in [5, 5.41) is 0.363. The first kappa shape index (κ1) is 15.2. The maximum atomic E-state index is 13.4. The lowest BCUT2D eigenvalue weighted by molar-refractivity contribution is 0.0997. The highest BCUT2D eigenvalue weighted by Gasteiger charge is 2.13. The Morgan fingerprint density at radius 3 is 2.83 bits per heavy atom. The second kappa shape index (κ2) is 5.92. The average molecular weight is 357 g/mol. The molecule has 0 bridgehead atoms. The van der Waals surface area contributed by atoms with Gasteiger partial charge in [0.05, 0.1) is 20.4 Å². The van der Waals surface area contributed by atoms with E-state index < -0.39 is 0 Å². The van der Waals surface area contributed by atoms with Crippen LogP contribution in [-0.4, -0.2) is 15.5 Å². The van der Waals surface area contributed by atoms with Crippen LogP contribution in [0, 0.1) is 5.82 Å². The summed E-state index contributed by atoms with van der Waals surface area (Å²) in [5.74, 6) is -0.665. The van der Waals surface area contributed by atoms with Gasteiger partial charge in [-0.3, -0.25) is 4.79 Å². The van der Waals surface area contributed by atoms with Crippen LogP contribution in [0.3, 0.4) is 0 Å². The molecule has 0 aliphatic carbocycles. The van der Waals surface area contributed by atoms with Gasteiger partial charge < -0.3 is 4.57 Å². The third kappa shape index (κ3) is 2.55. The molecule has 2 heterocycles. The van der Waals surface area contributed by atoms with E-state index in [9.17, 15) is 9.18 Å². The fourth-order valence-corrected chi connectivity index (χ4v) is 4.50. The Labute approximate surface area is 144 Å². The van der Waals surface area contributed by atoms with Gasteiger partial charge in [0.2, 0.25) is 0 Å². The predicted octanol–water partition coefficient (Wildman–Crippen LogP) is 4.21. The van der Waals surface area contributed by atoms with Crippen molar-refractivity contribution in [2.24, 2.45) is 4.99 Å². The number of aryl methyl sites for hydroxylation is 1. The van der Waals surface area contributed by atoms with Crippen LogP contribution in [-0.2, 0) is 6.54 Å². The first-order valence-electron chi connectivity index (χ1n) is 7.39. The number of fused-ring (bicyclic) bond motifs is 2. The van der Waals surface area contributed by atoms with E-state index in [2.05, 4.69) is 9.98 Å². The lowest BCUT2D eigenvalue weighted by Gasteiger charge is -1.99. The van der Waals surface area contributed by atoms with Crippen LogP contribution in [0.25, 0.3) is 20.4 Å². The van der Waals surface area contributed by atoms with E-state index in [1.807, 2.05) is 35.8 Å². The van der Waals surface area contributed by atoms with E-state index in [0.29, 0.717) is 16.4 Å². The van der Waals surface area contributed by atoms with Gasteiger partial charge in [-0.25, -0.2) is 9.37 Å². The lowest BCUT2D eigenvalue weighted by Crippen LogP contribution is -2.15. The normalized spacial score (nSPS) is 12.3. The molecular weight excluding hydrogens is 345 g/mol. The third-order valence-corrected chi connectivity index (χ3v) is 5.70. The number of amides is 1. The molecule has 7 heteroatoms. The molecule has 0 radical (unpaired) electrons. The molecule has 4 aromatic rings. The van der Waals surface area contributed by atoms with Gasteiger partial charge in [0.25, 0.3) is 0 Å². The van der Waals surface area contributed by atoms with E-state index in [0.717, 1.165) is 20.4 Å². The standard InChI is InChI=1S/C17H12FN3OS2/c1-2-21-12-8-7-10(18)9-14(12)24-17(21)20-15(22)16-19-11-5-3-4-6-13(11)23-16/h3-9H,2H2,1H3. The SMILES string of the molecule is CCn1c(=NC(=O)c2nc3ccccc3s2)sc2cc(F)ccc21. The van der Waals surface area contributed by atoms with Gasteiger partial charge in [0.15, 0.2) is 9.81 Å². The van der Waals surface area contributed by atoms with Crippen molar-refractivity contribution in [3.05, 3.63) is 58.1 Å². The van der Waals surface area contributed by atoms with Crippen LogP contribution in [0.2, 0.25) is 0 Å². The first-order chi connectivity index (χ1) is 11.7. The van der Waals surface area contributed by atoms with Crippen molar-refractivity contribution in [1.29, 1.82) is 0 Å². The van der Waals surface area contributed by atoms with Gasteiger partial charge in [0, 0.05) is 6.54 Å². The van der Waals surface area contributed by atoms with Gasteiger partial charge in [-0.15, -0.1) is 11.3 Å². The number of rotatable bonds is 2. The number of benzene rings is 2. The Bertz CT molecular complexity index is 1110. The van der Waals surface area contributed by atoms with Crippen LogP contribution in [0.4, 0.5) is 4.39 Å². The Morgan fingerprint density at radius 1 is 1.21 bits per heavy atom. The second-order valence-electron chi connectivity index (χ2n) is 5.14. The first-order valence-corrected chi connectivity index (χ1v) is 9.02. The molecule has 0 atom stereocenters. The molecule has 1 amide bonds. The molecule has 4 nitrogen and oxygen atoms in total. The van der Waals surface area contributed by atoms with Crippen LogP contribution in [0.15, 0.2) is 47.5 Å². The number of aromatic nitrogens is 2. The topological polar surface area (TPSA) is 47.2 Å². The van der Waals surface area contributed by atoms with Gasteiger partial charge in [-0.2, -0.15) is 4.99 Å². The minimum Gasteiger partial charge on any atom is -0.317 e. The quantitative estimate of drug-likeness (QED) is 0.539. The molecule has 0 unspecified atom stereocenters. The number of para-hydroxylation sites is 1. The molecule has 0 N–H and O–H groups in total. The zero-order valence-corrected chi connectivity index (χ0v) is 14.3. The molecule has 2 aromatic heterocycles. The molecule has 0 fully saturated rings. The molecule has 24 heavy (non-hydrogen) atoms. The molecule has 0 spiro atoms. The lowest BCUT2D eigenvalue weighted by atomic mass is 10.3. The summed E-state index contributed by atoms with van der Waals surface area (Å²) in [6.45, 7) is 2.62. The summed E-state index contributed by atoms with van der Waals surface area (Å²) in [6, 6.07) is 12.2. The van der Waals surface area contributed by atoms with Crippen molar-refractivity contribution >= 4 is 49.0 Å². The van der Waals surface area contributed by atoms with Crippen molar-refractivity contribution < 1.29 is 9.18 Å². The predicted molar refractivity (Wildman–Crippen MR) is 95.0 cm³/mol. The van der Waals surface area contributed by atoms with Crippen molar-refractivity contribution in [2.45, 2.75) is 13.5 Å². The highest BCUT2D eigenvalue weighted by Crippen LogP contribution is 2.22. The molecular formula is C17H12FN3OS2. The van der Waals surface area contributed by atoms with Gasteiger partial charge in [-0.1, -0.05) is 23.5 Å². The van der Waals surface area contributed by atoms with E-state index in [-0.39, 0.29) is 11.7 Å². The van der Waals surface area contributed by atoms with E-state index in [1.54, 1.807) is 6.07 Å². The summed E-state index contributed by atoms with van der Waals surface area (Å²) < 4.78 is 17.1. The van der Waals surface area contributed by atoms with Crippen LogP contribution >= 0.6 is 22.7 Å². The van der Waals surface area contributed by atoms with Crippen LogP contribution in [0.1, 0.15) is 16.7 Å². The molecule has 4 rings (SSSR count). The molecule has 0 saturated heterocycles. The fourth-order valence-electron chi connectivity index (χ4n) is 2.54. The third-order valence-electron chi connectivity index (χ3n) is 3.64. The van der Waals surface area contributed by atoms with Crippen molar-refractivity contribution in [1.82, 2.24) is 9.55 Å². The molecule has 0 aliphatic heterocycles. The smallest absolute Gasteiger partial charge is 0.308 e. The average Bonchev–Trinajstić information content (AvgIpc) is 3.14. The zero-order chi connectivity index (χ0) is 16.7. The summed E-state index contributed by atoms with van der Waals surface area (Å²) in [6.07, 6.45) is 0. The van der Waals surface area contributed by atoms with E-state index >= 15 is 0 Å². The second-order valence-corrected chi connectivity index (χ2v) is 7.18. The fraction of sp³-hybridized carbons (Fsp3) is 0.118. The Morgan fingerprint density at radius 2 is 2.04 bits per heavy atom. The number of nitrogens with zero attached hydrogens (tertiary/aromatic N) is 3. The summed E-state index contributed by atoms with van der Waals surface area (Å²) >= 11 is 2.63. The van der Waals surface area contributed by atoms with Crippen molar-refractivity contribution in [3.8, 4) is 0 Å². The van der Waals surface area contributed by atoms with Crippen LogP contribution in [0.5, 0.6) is 0 Å². The zero-order valence-electron chi connectivity index (χ0n) is 12.7. The molecule has 0 saturated carbocycles. The molecule has 0 aliphatic rings. The number of carbonyl (C=O) groups excluding carboxylic acids is 1. The maximum Gasteiger partial charge on any atom is 0.308 e. The number of carbonyl (C=O) groups is 1. The van der Waals surface area contributed by atoms with Gasteiger partial charge in [-0.05, 0) is 37.3 Å². The molecule has 2 aromatic carbocycles. The van der Waals surface area contributed by atoms with Gasteiger partial charge in [0.1, 0.15) is 5.82 Å². The minimum absolute atomic E-state index is 0.295. The van der Waals surface area contributed by atoms with Gasteiger partial charge >= 0.3 is 5.91 Å². The highest BCUT2D eigenvalue weighted by molar-refractivity contribution is 7.20. The summed E-state index contributed by atoms with van der Waals surface area (Å²) in [4.78, 5) is 21.6. The highest BCUT2D eigenvalue weighted by atomic mass is 32.1. The Balaban J connectivity index is 1.84. The van der Waals surface area contributed by atoms with Crippen molar-refractivity contribution in [2.75, 3.05) is 0 Å². The number of halogens is 1. The molecule has 120 valence electrons. The number of thiazole rings is 2. The summed E-state index contributed by atoms with van der Waals surface area (Å²) in [5.41, 5.74) is 1.67. The van der Waals surface area contributed by atoms with Crippen LogP contribution < -0.4 is 4.80 Å². The monoisotopic (exact) mass is 357 g/mol. The number of hydrogen-bond donors (Lipinski definition) is 0. The Kier molecular flexibility index (Phi) is 3.74. The van der Waals surface area contributed by atoms with Crippen molar-refractivity contribution in [3.63, 3.8) is 0 Å². The van der Waals surface area contributed by atoms with E-state index in [4.69, 9.17) is 0 Å². The maximum absolute atomic E-state index is 13.4. The minimum atomic E-state index is -0.370.